The Kier molecular flexibility index (Phi) is 7.73. The third-order valence-electron chi connectivity index (χ3n) is 6.56. The number of hydrogen-bond donors (Lipinski definition) is 0. The molecule has 1 atom stereocenters. The Morgan fingerprint density at radius 2 is 1.85 bits per heavy atom. The number of nitrogens with zero attached hydrogens (tertiary/aromatic N) is 4. The van der Waals surface area contributed by atoms with Gasteiger partial charge in [0.15, 0.2) is 10.9 Å². The Bertz CT molecular complexity index is 1170. The van der Waals surface area contributed by atoms with Crippen molar-refractivity contribution in [2.45, 2.75) is 56.3 Å². The molecule has 1 aliphatic carbocycles. The Morgan fingerprint density at radius 1 is 1.12 bits per heavy atom. The van der Waals surface area contributed by atoms with E-state index in [1.807, 2.05) is 47.9 Å². The van der Waals surface area contributed by atoms with Crippen LogP contribution in [0.3, 0.4) is 0 Å². The fourth-order valence-corrected chi connectivity index (χ4v) is 5.95. The van der Waals surface area contributed by atoms with Gasteiger partial charge in [-0.25, -0.2) is 0 Å². The van der Waals surface area contributed by atoms with Gasteiger partial charge in [0, 0.05) is 37.0 Å². The molecule has 34 heavy (non-hydrogen) atoms. The molecular formula is C26H29ClN4O2S. The number of carbonyl (C=O) groups is 2. The summed E-state index contributed by atoms with van der Waals surface area (Å²) in [4.78, 5) is 28.3. The van der Waals surface area contributed by atoms with Crippen molar-refractivity contribution >= 4 is 35.1 Å². The number of halogens is 1. The first kappa shape index (κ1) is 24.5. The summed E-state index contributed by atoms with van der Waals surface area (Å²) in [6.45, 7) is 2.76. The fourth-order valence-electron chi connectivity index (χ4n) is 4.72. The zero-order chi connectivity index (χ0) is 24.1. The maximum atomic E-state index is 13.4. The van der Waals surface area contributed by atoms with Crippen LogP contribution in [-0.2, 0) is 28.1 Å². The maximum absolute atomic E-state index is 13.4. The lowest BCUT2D eigenvalue weighted by Crippen LogP contribution is -2.54. The van der Waals surface area contributed by atoms with E-state index in [4.69, 9.17) is 11.6 Å². The topological polar surface area (TPSA) is 68.1 Å². The van der Waals surface area contributed by atoms with E-state index in [0.717, 1.165) is 24.2 Å². The molecule has 0 bridgehead atoms. The van der Waals surface area contributed by atoms with Gasteiger partial charge in [0.1, 0.15) is 11.4 Å². The number of amides is 1. The third-order valence-corrected chi connectivity index (χ3v) is 7.84. The molecule has 178 valence electrons. The standard InChI is InChI=1S/C26H29ClN4O2S/c1-3-31-23(17-19-11-5-4-6-12-19)28-29-25(31)34-18-24(33)30(2)26(16-10-9-15-22(26)32)20-13-7-8-14-21(20)27/h4-8,11-14H,3,9-10,15-18H2,1-2H3/t26-/m1/s1. The Morgan fingerprint density at radius 3 is 2.56 bits per heavy atom. The molecule has 6 nitrogen and oxygen atoms in total. The van der Waals surface area contributed by atoms with Crippen molar-refractivity contribution in [3.8, 4) is 0 Å². The minimum absolute atomic E-state index is 0.0505. The second-order valence-electron chi connectivity index (χ2n) is 8.52. The number of rotatable bonds is 8. The van der Waals surface area contributed by atoms with Crippen molar-refractivity contribution in [1.82, 2.24) is 19.7 Å². The molecule has 0 aliphatic heterocycles. The van der Waals surface area contributed by atoms with Crippen LogP contribution >= 0.6 is 23.4 Å². The quantitative estimate of drug-likeness (QED) is 0.404. The van der Waals surface area contributed by atoms with Crippen LogP contribution < -0.4 is 0 Å². The number of aromatic nitrogens is 3. The van der Waals surface area contributed by atoms with E-state index in [0.29, 0.717) is 41.5 Å². The molecular weight excluding hydrogens is 468 g/mol. The molecule has 1 fully saturated rings. The molecule has 0 saturated heterocycles. The molecule has 4 rings (SSSR count). The first-order valence-electron chi connectivity index (χ1n) is 11.6. The van der Waals surface area contributed by atoms with Gasteiger partial charge in [-0.05, 0) is 37.8 Å². The molecule has 2 aromatic carbocycles. The van der Waals surface area contributed by atoms with Crippen LogP contribution in [0.2, 0.25) is 5.02 Å². The molecule has 0 N–H and O–H groups in total. The summed E-state index contributed by atoms with van der Waals surface area (Å²) in [5, 5.41) is 9.94. The van der Waals surface area contributed by atoms with Gasteiger partial charge in [-0.2, -0.15) is 0 Å². The van der Waals surface area contributed by atoms with Crippen molar-refractivity contribution in [3.05, 3.63) is 76.6 Å². The lowest BCUT2D eigenvalue weighted by atomic mass is 9.74. The number of likely N-dealkylation sites (N-methyl/N-ethyl adjacent to an activating group) is 1. The van der Waals surface area contributed by atoms with E-state index in [1.165, 1.54) is 11.8 Å². The van der Waals surface area contributed by atoms with E-state index < -0.39 is 5.54 Å². The van der Waals surface area contributed by atoms with Crippen LogP contribution in [0.25, 0.3) is 0 Å². The number of carbonyl (C=O) groups excluding carboxylic acids is 2. The first-order chi connectivity index (χ1) is 16.5. The van der Waals surface area contributed by atoms with Gasteiger partial charge in [-0.1, -0.05) is 71.9 Å². The Labute approximate surface area is 209 Å². The minimum atomic E-state index is -1.02. The second-order valence-corrected chi connectivity index (χ2v) is 9.87. The van der Waals surface area contributed by atoms with E-state index in [-0.39, 0.29) is 17.4 Å². The average molecular weight is 497 g/mol. The van der Waals surface area contributed by atoms with E-state index >= 15 is 0 Å². The molecule has 0 unspecified atom stereocenters. The van der Waals surface area contributed by atoms with Crippen molar-refractivity contribution in [1.29, 1.82) is 0 Å². The monoisotopic (exact) mass is 496 g/mol. The predicted molar refractivity (Wildman–Crippen MR) is 135 cm³/mol. The minimum Gasteiger partial charge on any atom is -0.328 e. The molecule has 1 amide bonds. The van der Waals surface area contributed by atoms with Gasteiger partial charge < -0.3 is 9.47 Å². The van der Waals surface area contributed by atoms with Crippen molar-refractivity contribution in [2.75, 3.05) is 12.8 Å². The summed E-state index contributed by atoms with van der Waals surface area (Å²) in [6, 6.07) is 17.5. The summed E-state index contributed by atoms with van der Waals surface area (Å²) < 4.78 is 2.04. The summed E-state index contributed by atoms with van der Waals surface area (Å²) >= 11 is 7.88. The van der Waals surface area contributed by atoms with E-state index in [1.54, 1.807) is 18.0 Å². The van der Waals surface area contributed by atoms with E-state index in [2.05, 4.69) is 22.3 Å². The van der Waals surface area contributed by atoms with Gasteiger partial charge in [-0.15, -0.1) is 10.2 Å². The third kappa shape index (κ3) is 4.77. The summed E-state index contributed by atoms with van der Waals surface area (Å²) in [7, 11) is 1.72. The molecule has 0 spiro atoms. The second kappa shape index (κ2) is 10.7. The largest absolute Gasteiger partial charge is 0.328 e. The van der Waals surface area contributed by atoms with Crippen LogP contribution in [0.5, 0.6) is 0 Å². The number of ketones is 1. The summed E-state index contributed by atoms with van der Waals surface area (Å²) in [5.41, 5.74) is 0.851. The van der Waals surface area contributed by atoms with Gasteiger partial charge in [0.2, 0.25) is 5.91 Å². The Balaban J connectivity index is 1.53. The normalized spacial score (nSPS) is 18.1. The maximum Gasteiger partial charge on any atom is 0.233 e. The highest BCUT2D eigenvalue weighted by Gasteiger charge is 2.47. The lowest BCUT2D eigenvalue weighted by molar-refractivity contribution is -0.146. The molecule has 3 aromatic rings. The van der Waals surface area contributed by atoms with Crippen molar-refractivity contribution in [3.63, 3.8) is 0 Å². The lowest BCUT2D eigenvalue weighted by Gasteiger charge is -2.44. The van der Waals surface area contributed by atoms with Crippen molar-refractivity contribution in [2.24, 2.45) is 0 Å². The number of thioether (sulfide) groups is 1. The Hall–Kier alpha value is -2.64. The van der Waals surface area contributed by atoms with Crippen LogP contribution in [0.4, 0.5) is 0 Å². The number of hydrogen-bond acceptors (Lipinski definition) is 5. The smallest absolute Gasteiger partial charge is 0.233 e. The SMILES string of the molecule is CCn1c(Cc2ccccc2)nnc1SCC(=O)N(C)[C@@]1(c2ccccc2Cl)CCCCC1=O. The highest BCUT2D eigenvalue weighted by atomic mass is 35.5. The molecule has 8 heteroatoms. The average Bonchev–Trinajstić information content (AvgIpc) is 3.24. The van der Waals surface area contributed by atoms with E-state index in [9.17, 15) is 9.59 Å². The highest BCUT2D eigenvalue weighted by Crippen LogP contribution is 2.42. The summed E-state index contributed by atoms with van der Waals surface area (Å²) in [5.74, 6) is 0.955. The van der Waals surface area contributed by atoms with Crippen molar-refractivity contribution < 1.29 is 9.59 Å². The molecule has 1 aromatic heterocycles. The zero-order valence-electron chi connectivity index (χ0n) is 19.5. The first-order valence-corrected chi connectivity index (χ1v) is 13.0. The van der Waals surface area contributed by atoms with Gasteiger partial charge in [0.05, 0.1) is 5.75 Å². The van der Waals surface area contributed by atoms with Crippen LogP contribution in [0.15, 0.2) is 59.8 Å². The molecule has 1 aliphatic rings. The van der Waals surface area contributed by atoms with Crippen LogP contribution in [0.1, 0.15) is 49.6 Å². The predicted octanol–water partition coefficient (Wildman–Crippen LogP) is 5.13. The molecule has 1 heterocycles. The fraction of sp³-hybridized carbons (Fsp3) is 0.385. The van der Waals surface area contributed by atoms with Gasteiger partial charge >= 0.3 is 0 Å². The molecule has 0 radical (unpaired) electrons. The zero-order valence-corrected chi connectivity index (χ0v) is 21.1. The van der Waals surface area contributed by atoms with Gasteiger partial charge in [-0.3, -0.25) is 9.59 Å². The molecule has 1 saturated carbocycles. The van der Waals surface area contributed by atoms with Crippen LogP contribution in [0, 0.1) is 0 Å². The van der Waals surface area contributed by atoms with Crippen LogP contribution in [-0.4, -0.2) is 44.2 Å². The number of Topliss-reactive ketones (excluding diaryl/α,β-unsaturated/α-hetero) is 1. The number of benzene rings is 2. The summed E-state index contributed by atoms with van der Waals surface area (Å²) in [6.07, 6.45) is 3.42. The van der Waals surface area contributed by atoms with Gasteiger partial charge in [0.25, 0.3) is 0 Å². The highest BCUT2D eigenvalue weighted by molar-refractivity contribution is 7.99.